The lowest BCUT2D eigenvalue weighted by Gasteiger charge is -2.15. The second kappa shape index (κ2) is 8.79. The second-order valence-electron chi connectivity index (χ2n) is 6.23. The minimum atomic E-state index is -1.05. The molecule has 0 aliphatic heterocycles. The molecule has 2 amide bonds. The third-order valence-corrected chi connectivity index (χ3v) is 4.36. The van der Waals surface area contributed by atoms with Crippen molar-refractivity contribution < 1.29 is 14.0 Å². The number of rotatable bonds is 7. The molecule has 0 radical (unpaired) electrons. The molecule has 3 aromatic rings. The number of pyridine rings is 1. The molecule has 30 heavy (non-hydrogen) atoms. The van der Waals surface area contributed by atoms with E-state index >= 15 is 0 Å². The Hall–Kier alpha value is -4.32. The molecule has 0 aliphatic carbocycles. The molecule has 150 valence electrons. The van der Waals surface area contributed by atoms with Crippen molar-refractivity contribution in [3.05, 3.63) is 65.9 Å². The van der Waals surface area contributed by atoms with Gasteiger partial charge in [0.1, 0.15) is 17.6 Å². The summed E-state index contributed by atoms with van der Waals surface area (Å²) in [6, 6.07) is 6.87. The number of nitrogens with zero attached hydrogens (tertiary/aromatic N) is 3. The van der Waals surface area contributed by atoms with Crippen molar-refractivity contribution in [1.82, 2.24) is 20.6 Å². The van der Waals surface area contributed by atoms with Crippen molar-refractivity contribution in [3.8, 4) is 6.07 Å². The first-order chi connectivity index (χ1) is 14.5. The zero-order chi connectivity index (χ0) is 21.7. The number of fused-ring (bicyclic) bond motifs is 1. The van der Waals surface area contributed by atoms with Crippen molar-refractivity contribution in [2.45, 2.75) is 6.04 Å². The average molecular weight is 404 g/mol. The van der Waals surface area contributed by atoms with Crippen LogP contribution < -0.4 is 10.6 Å². The summed E-state index contributed by atoms with van der Waals surface area (Å²) < 4.78 is 13.8. The summed E-state index contributed by atoms with van der Waals surface area (Å²) in [5, 5.41) is 14.9. The van der Waals surface area contributed by atoms with Crippen molar-refractivity contribution >= 4 is 41.2 Å². The van der Waals surface area contributed by atoms with E-state index in [0.717, 1.165) is 0 Å². The number of carbonyl (C=O) groups excluding carboxylic acids is 2. The fourth-order valence-corrected chi connectivity index (χ4v) is 2.92. The van der Waals surface area contributed by atoms with E-state index in [1.54, 1.807) is 6.07 Å². The highest BCUT2D eigenvalue weighted by atomic mass is 19.1. The van der Waals surface area contributed by atoms with Gasteiger partial charge in [-0.1, -0.05) is 24.8 Å². The van der Waals surface area contributed by atoms with Crippen LogP contribution in [0.5, 0.6) is 0 Å². The molecule has 0 bridgehead atoms. The molecular weight excluding hydrogens is 387 g/mol. The Bertz CT molecular complexity index is 1190. The largest absolute Gasteiger partial charge is 0.348 e. The predicted octanol–water partition coefficient (Wildman–Crippen LogP) is 2.79. The van der Waals surface area contributed by atoms with Gasteiger partial charge in [-0.25, -0.2) is 4.39 Å². The van der Waals surface area contributed by atoms with Gasteiger partial charge in [0, 0.05) is 28.9 Å². The number of para-hydroxylation sites is 1. The molecule has 2 aromatic heterocycles. The van der Waals surface area contributed by atoms with Gasteiger partial charge in [0.2, 0.25) is 5.91 Å². The van der Waals surface area contributed by atoms with E-state index in [1.165, 1.54) is 36.7 Å². The van der Waals surface area contributed by atoms with Crippen LogP contribution in [-0.4, -0.2) is 35.0 Å². The fourth-order valence-electron chi connectivity index (χ4n) is 2.92. The molecule has 1 unspecified atom stereocenters. The van der Waals surface area contributed by atoms with Gasteiger partial charge in [-0.2, -0.15) is 5.26 Å². The molecule has 0 saturated carbocycles. The lowest BCUT2D eigenvalue weighted by molar-refractivity contribution is -0.120. The normalized spacial score (nSPS) is 11.3. The highest BCUT2D eigenvalue weighted by Gasteiger charge is 2.20. The number of H-pyrrole nitrogens is 1. The van der Waals surface area contributed by atoms with Crippen molar-refractivity contribution in [3.63, 3.8) is 0 Å². The molecule has 0 fully saturated rings. The van der Waals surface area contributed by atoms with E-state index in [9.17, 15) is 19.2 Å². The maximum atomic E-state index is 13.8. The fraction of sp³-hybridized carbons (Fsp3) is 0.0952. The van der Waals surface area contributed by atoms with Gasteiger partial charge in [-0.3, -0.25) is 19.6 Å². The Kier molecular flexibility index (Phi) is 5.98. The predicted molar refractivity (Wildman–Crippen MR) is 111 cm³/mol. The molecule has 3 rings (SSSR count). The molecule has 1 atom stereocenters. The number of aliphatic imine (C=N–C) groups is 1. The van der Waals surface area contributed by atoms with Crippen LogP contribution in [0, 0.1) is 17.1 Å². The number of nitrogens with one attached hydrogen (secondary N) is 3. The van der Waals surface area contributed by atoms with Gasteiger partial charge < -0.3 is 15.6 Å². The van der Waals surface area contributed by atoms with Gasteiger partial charge in [0.15, 0.2) is 0 Å². The Morgan fingerprint density at radius 1 is 1.40 bits per heavy atom. The number of hydrogen-bond donors (Lipinski definition) is 3. The Morgan fingerprint density at radius 3 is 2.87 bits per heavy atom. The second-order valence-corrected chi connectivity index (χ2v) is 6.23. The average Bonchev–Trinajstić information content (AvgIpc) is 3.21. The first kappa shape index (κ1) is 20.4. The lowest BCUT2D eigenvalue weighted by atomic mass is 10.0. The zero-order valence-electron chi connectivity index (χ0n) is 15.8. The van der Waals surface area contributed by atoms with Crippen LogP contribution in [0.15, 0.2) is 48.2 Å². The van der Waals surface area contributed by atoms with Crippen molar-refractivity contribution in [2.24, 2.45) is 4.99 Å². The summed E-state index contributed by atoms with van der Waals surface area (Å²) in [5.41, 5.74) is 1.62. The topological polar surface area (TPSA) is 123 Å². The number of amides is 2. The Balaban J connectivity index is 1.68. The molecule has 0 aliphatic rings. The van der Waals surface area contributed by atoms with E-state index in [1.807, 2.05) is 6.07 Å². The van der Waals surface area contributed by atoms with Crippen LogP contribution in [0.2, 0.25) is 0 Å². The van der Waals surface area contributed by atoms with Crippen LogP contribution in [-0.2, 0) is 4.79 Å². The van der Waals surface area contributed by atoms with Crippen LogP contribution in [0.1, 0.15) is 27.7 Å². The monoisotopic (exact) mass is 404 g/mol. The summed E-state index contributed by atoms with van der Waals surface area (Å²) in [5.74, 6) is -1.67. The molecule has 9 heteroatoms. The Morgan fingerprint density at radius 2 is 2.20 bits per heavy atom. The third-order valence-electron chi connectivity index (χ3n) is 4.36. The van der Waals surface area contributed by atoms with E-state index in [0.29, 0.717) is 22.2 Å². The summed E-state index contributed by atoms with van der Waals surface area (Å²) >= 11 is 0. The number of aromatic nitrogens is 2. The summed E-state index contributed by atoms with van der Waals surface area (Å²) in [4.78, 5) is 35.1. The van der Waals surface area contributed by atoms with Crippen LogP contribution in [0.25, 0.3) is 17.0 Å². The first-order valence-electron chi connectivity index (χ1n) is 8.80. The minimum Gasteiger partial charge on any atom is -0.348 e. The molecule has 2 heterocycles. The van der Waals surface area contributed by atoms with E-state index in [-0.39, 0.29) is 17.8 Å². The summed E-state index contributed by atoms with van der Waals surface area (Å²) in [6.45, 7) is 6.74. The van der Waals surface area contributed by atoms with Crippen molar-refractivity contribution in [2.75, 3.05) is 6.54 Å². The van der Waals surface area contributed by atoms with E-state index in [4.69, 9.17) is 0 Å². The van der Waals surface area contributed by atoms with E-state index in [2.05, 4.69) is 38.9 Å². The molecule has 3 N–H and O–H groups in total. The van der Waals surface area contributed by atoms with Crippen LogP contribution in [0.4, 0.5) is 10.1 Å². The SMILES string of the molecule is C=Cc1cncc(C(C#N)NC(=O)CNC(=O)c2cc3cccc(F)c3[nH]2)c1N=C. The van der Waals surface area contributed by atoms with Gasteiger partial charge in [0.05, 0.1) is 23.8 Å². The molecule has 1 aromatic carbocycles. The maximum Gasteiger partial charge on any atom is 0.268 e. The number of benzene rings is 1. The summed E-state index contributed by atoms with van der Waals surface area (Å²) in [6.07, 6.45) is 4.43. The maximum absolute atomic E-state index is 13.8. The van der Waals surface area contributed by atoms with Crippen LogP contribution in [0.3, 0.4) is 0 Å². The number of hydrogen-bond acceptors (Lipinski definition) is 5. The van der Waals surface area contributed by atoms with Gasteiger partial charge in [-0.05, 0) is 18.9 Å². The van der Waals surface area contributed by atoms with Gasteiger partial charge in [-0.15, -0.1) is 0 Å². The van der Waals surface area contributed by atoms with Gasteiger partial charge >= 0.3 is 0 Å². The number of nitriles is 1. The molecule has 0 spiro atoms. The molecular formula is C21H17FN6O2. The number of halogens is 1. The highest BCUT2D eigenvalue weighted by molar-refractivity contribution is 5.99. The highest BCUT2D eigenvalue weighted by Crippen LogP contribution is 2.28. The number of aromatic amines is 1. The van der Waals surface area contributed by atoms with Gasteiger partial charge in [0.25, 0.3) is 5.91 Å². The zero-order valence-corrected chi connectivity index (χ0v) is 15.8. The standard InChI is InChI=1S/C21H17FN6O2/c1-3-12-9-25-10-14(19(12)24-2)17(8-23)27-18(29)11-26-21(30)16-7-13-5-4-6-15(22)20(13)28-16/h3-7,9-10,17,28H,1-2,11H2,(H,26,30)(H,27,29). The first-order valence-corrected chi connectivity index (χ1v) is 8.80. The quantitative estimate of drug-likeness (QED) is 0.524. The van der Waals surface area contributed by atoms with E-state index < -0.39 is 23.7 Å². The van der Waals surface area contributed by atoms with Crippen molar-refractivity contribution in [1.29, 1.82) is 5.26 Å². The molecule has 0 saturated heterocycles. The third kappa shape index (κ3) is 4.07. The minimum absolute atomic E-state index is 0.112. The molecule has 8 nitrogen and oxygen atoms in total. The summed E-state index contributed by atoms with van der Waals surface area (Å²) in [7, 11) is 0. The lowest BCUT2D eigenvalue weighted by Crippen LogP contribution is -2.38. The Labute approximate surface area is 171 Å². The number of carbonyl (C=O) groups is 2. The smallest absolute Gasteiger partial charge is 0.268 e. The van der Waals surface area contributed by atoms with Crippen LogP contribution >= 0.6 is 0 Å².